The van der Waals surface area contributed by atoms with E-state index in [9.17, 15) is 65.0 Å². The maximum absolute atomic E-state index is 14.4. The molecule has 1 aliphatic heterocycles. The molecule has 4 N–H and O–H groups in total. The zero-order valence-electron chi connectivity index (χ0n) is 75.7. The maximum Gasteiger partial charge on any atom is 0.498 e. The lowest BCUT2D eigenvalue weighted by Gasteiger charge is -2.32. The molecule has 6 aromatic carbocycles. The van der Waals surface area contributed by atoms with Gasteiger partial charge in [0.2, 0.25) is 0 Å². The number of pyridine rings is 4. The Labute approximate surface area is 807 Å². The molecule has 30 nitrogen and oxygen atoms in total. The number of esters is 1. The molecule has 0 unspecified atom stereocenters. The van der Waals surface area contributed by atoms with Crippen molar-refractivity contribution >= 4 is 154 Å². The number of carbonyl (C=O) groups is 3. The summed E-state index contributed by atoms with van der Waals surface area (Å²) in [5.41, 5.74) is 5.86. The molecule has 11 aromatic heterocycles. The van der Waals surface area contributed by atoms with Crippen LogP contribution in [0.15, 0.2) is 205 Å². The van der Waals surface area contributed by atoms with Crippen molar-refractivity contribution in [3.8, 4) is 89.1 Å². The van der Waals surface area contributed by atoms with E-state index >= 15 is 0 Å². The van der Waals surface area contributed by atoms with E-state index in [2.05, 4.69) is 72.2 Å². The molecule has 0 spiro atoms. The number of thiophene rings is 4. The van der Waals surface area contributed by atoms with Crippen molar-refractivity contribution in [2.45, 2.75) is 99.9 Å². The third kappa shape index (κ3) is 22.5. The molecule has 137 heavy (non-hydrogen) atoms. The van der Waals surface area contributed by atoms with E-state index in [0.29, 0.717) is 112 Å². The van der Waals surface area contributed by atoms with Crippen LogP contribution in [0.2, 0.25) is 0 Å². The highest BCUT2D eigenvalue weighted by molar-refractivity contribution is 9.11. The molecule has 12 heterocycles. The average Bonchev–Trinajstić information content (AvgIpc) is 1.65. The van der Waals surface area contributed by atoms with Gasteiger partial charge in [0.1, 0.15) is 64.2 Å². The van der Waals surface area contributed by atoms with Gasteiger partial charge in [-0.3, -0.25) is 28.8 Å². The number of aliphatic hydroxyl groups is 1. The van der Waals surface area contributed by atoms with Crippen molar-refractivity contribution in [3.05, 3.63) is 283 Å². The van der Waals surface area contributed by atoms with Gasteiger partial charge in [0, 0.05) is 141 Å². The summed E-state index contributed by atoms with van der Waals surface area (Å²) in [4.78, 5) is 100. The van der Waals surface area contributed by atoms with E-state index in [1.807, 2.05) is 33.8 Å². The lowest BCUT2D eigenvalue weighted by Crippen LogP contribution is -2.41. The molecule has 1 saturated heterocycles. The lowest BCUT2D eigenvalue weighted by atomic mass is 9.77. The first-order valence-electron chi connectivity index (χ1n) is 40.8. The number of nitrogens with zero attached hydrogens (tertiary/aromatic N) is 11. The number of methoxy groups -OCH3 is 1. The molecule has 17 aromatic rings. The van der Waals surface area contributed by atoms with Gasteiger partial charge in [-0.1, -0.05) is 26.7 Å². The highest BCUT2D eigenvalue weighted by atomic mass is 79.9. The number of ether oxygens (including phenoxy) is 4. The van der Waals surface area contributed by atoms with Crippen LogP contribution < -0.4 is 47.6 Å². The fraction of sp³-hybridized carbons (Fsp3) is 0.213. The van der Waals surface area contributed by atoms with Crippen molar-refractivity contribution in [2.75, 3.05) is 7.11 Å². The number of ketones is 2. The molecular weight excluding hydrogens is 2000 g/mol. The molecule has 0 saturated carbocycles. The van der Waals surface area contributed by atoms with E-state index in [4.69, 9.17) is 48.0 Å². The van der Waals surface area contributed by atoms with Crippen molar-refractivity contribution < 1.29 is 92.9 Å². The predicted octanol–water partition coefficient (Wildman–Crippen LogP) is 20.7. The highest BCUT2D eigenvalue weighted by Crippen LogP contribution is 2.46. The molecule has 708 valence electrons. The van der Waals surface area contributed by atoms with Gasteiger partial charge < -0.3 is 76.1 Å². The third-order valence-corrected chi connectivity index (χ3v) is 26.7. The molecule has 1 fully saturated rings. The molecular formula is C94H81BBr2F6N12O18S4. The van der Waals surface area contributed by atoms with Crippen molar-refractivity contribution in [1.82, 2.24) is 48.7 Å². The summed E-state index contributed by atoms with van der Waals surface area (Å²) < 4.78 is 142. The number of aromatic nitrogens is 10. The Morgan fingerprint density at radius 3 is 1.17 bits per heavy atom. The first kappa shape index (κ1) is 101. The second-order valence-electron chi connectivity index (χ2n) is 32.3. The SMILES string of the molecule is C/C(N)=N\O.CC(=O)c1ccc(Oc2ccc(F)cc2F)c(-c2cn(C)c(=O)c3sc(-c4nc(C)no4)cc23)c1.CC(=O)c1ccc(Oc2ccc(F)cc2F)c(B2OC(C)(C)C(C)(C)O2)c1.COC(=O)c1cc2c(Br)cn(C)c(=O)c2s1.Cc1noc(-c2cc3c(-c4cc(C(C)(C)O)ccc4Oc4ccc(F)cc4F)cn(C)c(=O)c3s2)n1.Cc1noc(-c2cc3c(Br)cn(C)c(=O)c3s2)n1. The molecule has 43 heteroatoms. The summed E-state index contributed by atoms with van der Waals surface area (Å²) in [7, 11) is 7.15. The zero-order chi connectivity index (χ0) is 99.6. The molecule has 0 aliphatic carbocycles. The minimum atomic E-state index is -1.19. The molecule has 0 bridgehead atoms. The quantitative estimate of drug-likeness (QED) is 0.0118. The molecule has 1 aliphatic rings. The van der Waals surface area contributed by atoms with E-state index in [1.165, 1.54) is 93.8 Å². The number of hydrogen-bond donors (Lipinski definition) is 3. The standard InChI is InChI=1S/C26H21F2N3O4S.C25H17F2N3O4S.C20H21BF2O4.C11H8BrN3O2S.C10H8BrNO3S.C2H6N2O/c1-13-29-24(35-30-13)22-11-17-18(12-31(4)25(32)23(17)36-22)16-9-14(26(2,3)33)5-7-20(16)34-21-8-6-15(27)10-19(21)28;1-12(31)14-4-6-20(33-21-7-5-15(26)9-19(21)27)16(8-14)18-11-30(3)25(32)23-17(18)10-22(35-23)24-28-13(2)29-34-24;1-12(24)13-6-8-17(25-18-9-7-14(22)11-16(18)23)15(10-13)21-26-19(2,3)20(4,5)27-21;1-5-13-10(17-14-5)8-3-6-7(12)4-15(2)11(16)9(6)18-8;1-12-4-6(11)5-3-7(10(14)15-2)16-8(5)9(12)13;1-2(3)4-5/h5-12,33H,1-4H3;4-11H,1-3H3;6-11H,1-5H3;3-4H,1-2H3;3-4H,1-2H3;5H,1H3,(H2,3,4). The average molecular weight is 2080 g/mol. The smallest absolute Gasteiger partial charge is 0.465 e. The Balaban J connectivity index is 0.000000147. The van der Waals surface area contributed by atoms with Crippen LogP contribution in [-0.2, 0) is 47.8 Å². The van der Waals surface area contributed by atoms with E-state index in [0.717, 1.165) is 72.3 Å². The number of aryl methyl sites for hydroxylation is 7. The van der Waals surface area contributed by atoms with Crippen LogP contribution in [0.1, 0.15) is 116 Å². The van der Waals surface area contributed by atoms with Crippen molar-refractivity contribution in [3.63, 3.8) is 0 Å². The number of benzene rings is 6. The summed E-state index contributed by atoms with van der Waals surface area (Å²) in [6, 6.07) is 30.6. The van der Waals surface area contributed by atoms with E-state index in [1.54, 1.807) is 165 Å². The zero-order valence-corrected chi connectivity index (χ0v) is 82.1. The van der Waals surface area contributed by atoms with Gasteiger partial charge in [-0.25, -0.2) is 31.1 Å². The Morgan fingerprint density at radius 1 is 0.467 bits per heavy atom. The Hall–Kier alpha value is -13.7. The number of carbonyl (C=O) groups excluding carboxylic acids is 3. The van der Waals surface area contributed by atoms with Crippen LogP contribution in [0.25, 0.3) is 94.9 Å². The monoisotopic (exact) mass is 2080 g/mol. The summed E-state index contributed by atoms with van der Waals surface area (Å²) in [6.45, 7) is 20.4. The van der Waals surface area contributed by atoms with Crippen LogP contribution in [0.5, 0.6) is 34.5 Å². The second kappa shape index (κ2) is 41.1. The number of amidine groups is 1. The number of nitrogens with two attached hydrogens (primary N) is 1. The number of Topliss-reactive ketones (excluding diaryl/α,β-unsaturated/α-hetero) is 2. The van der Waals surface area contributed by atoms with Crippen LogP contribution in [0.4, 0.5) is 26.3 Å². The molecule has 0 amide bonds. The summed E-state index contributed by atoms with van der Waals surface area (Å²) in [5, 5.41) is 35.0. The predicted molar refractivity (Wildman–Crippen MR) is 516 cm³/mol. The molecule has 0 atom stereocenters. The Kier molecular flexibility index (Phi) is 30.2. The summed E-state index contributed by atoms with van der Waals surface area (Å²) in [6.07, 6.45) is 6.70. The number of oxime groups is 1. The number of rotatable bonds is 16. The fourth-order valence-electron chi connectivity index (χ4n) is 13.3. The van der Waals surface area contributed by atoms with Gasteiger partial charge in [-0.2, -0.15) is 15.0 Å². The first-order chi connectivity index (χ1) is 64.6. The summed E-state index contributed by atoms with van der Waals surface area (Å²) >= 11 is 11.7. The minimum absolute atomic E-state index is 0.0271. The van der Waals surface area contributed by atoms with Gasteiger partial charge in [0.05, 0.1) is 38.5 Å². The van der Waals surface area contributed by atoms with E-state index < -0.39 is 64.8 Å². The lowest BCUT2D eigenvalue weighted by molar-refractivity contribution is 0.00578. The topological polar surface area (TPSA) is 390 Å². The van der Waals surface area contributed by atoms with Crippen molar-refractivity contribution in [1.29, 1.82) is 0 Å². The van der Waals surface area contributed by atoms with Crippen molar-refractivity contribution in [2.24, 2.45) is 39.1 Å². The Bertz CT molecular complexity index is 7870. The first-order valence-corrected chi connectivity index (χ1v) is 45.6. The van der Waals surface area contributed by atoms with Crippen LogP contribution in [-0.4, -0.2) is 108 Å². The van der Waals surface area contributed by atoms with Gasteiger partial charge in [0.15, 0.2) is 63.7 Å². The van der Waals surface area contributed by atoms with Crippen LogP contribution in [0.3, 0.4) is 0 Å². The molecule has 18 rings (SSSR count). The van der Waals surface area contributed by atoms with Crippen LogP contribution >= 0.6 is 77.2 Å². The number of fused-ring (bicyclic) bond motifs is 4. The van der Waals surface area contributed by atoms with Gasteiger partial charge >= 0.3 is 13.1 Å². The second-order valence-corrected chi connectivity index (χ2v) is 38.2. The maximum atomic E-state index is 14.4. The van der Waals surface area contributed by atoms with Crippen LogP contribution in [0, 0.1) is 55.7 Å². The number of hydrogen-bond acceptors (Lipinski definition) is 29. The minimum Gasteiger partial charge on any atom is -0.465 e. The summed E-state index contributed by atoms with van der Waals surface area (Å²) in [5.74, 6) is -2.48. The van der Waals surface area contributed by atoms with Gasteiger partial charge in [0.25, 0.3) is 39.9 Å². The normalized spacial score (nSPS) is 12.7. The van der Waals surface area contributed by atoms with Gasteiger partial charge in [-0.15, -0.1) is 45.3 Å². The third-order valence-electron chi connectivity index (χ3n) is 21.0. The number of halogens is 8. The molecule has 0 radical (unpaired) electrons. The van der Waals surface area contributed by atoms with Gasteiger partial charge in [-0.05, 0) is 230 Å². The largest absolute Gasteiger partial charge is 0.498 e. The highest BCUT2D eigenvalue weighted by Gasteiger charge is 2.53. The fourth-order valence-corrected chi connectivity index (χ4v) is 19.1. The van der Waals surface area contributed by atoms with E-state index in [-0.39, 0.29) is 85.9 Å². The Morgan fingerprint density at radius 2 is 0.803 bits per heavy atom.